The molecule has 0 fully saturated rings. The molecule has 0 spiro atoms. The SMILES string of the molecule is CCOC(=O)c1cncc(-c2cccc3nn(Cc4cccc(C(F)(F)F)c4)cc23)c1.O=C(O)c1cncc(-c2cccc3nn(Cc4cccc(C(F)(F)F)c4)cc23)c1. The van der Waals surface area contributed by atoms with Gasteiger partial charge in [0.05, 0.1) is 53.0 Å². The molecule has 4 aromatic carbocycles. The van der Waals surface area contributed by atoms with Gasteiger partial charge in [0.1, 0.15) is 0 Å². The zero-order valence-corrected chi connectivity index (χ0v) is 31.4. The molecule has 10 nitrogen and oxygen atoms in total. The maximum Gasteiger partial charge on any atom is 0.416 e. The van der Waals surface area contributed by atoms with E-state index < -0.39 is 35.4 Å². The second-order valence-corrected chi connectivity index (χ2v) is 13.5. The molecule has 0 radical (unpaired) electrons. The lowest BCUT2D eigenvalue weighted by atomic mass is 10.0. The Morgan fingerprint density at radius 2 is 1.07 bits per heavy atom. The van der Waals surface area contributed by atoms with Crippen LogP contribution < -0.4 is 0 Å². The van der Waals surface area contributed by atoms with Crippen molar-refractivity contribution in [2.45, 2.75) is 32.4 Å². The van der Waals surface area contributed by atoms with Gasteiger partial charge in [-0.15, -0.1) is 0 Å². The molecule has 8 aromatic rings. The Morgan fingerprint density at radius 3 is 1.52 bits per heavy atom. The van der Waals surface area contributed by atoms with E-state index in [-0.39, 0.29) is 25.3 Å². The average molecular weight is 823 g/mol. The molecule has 0 saturated carbocycles. The Labute approximate surface area is 337 Å². The molecule has 0 saturated heterocycles. The molecule has 304 valence electrons. The van der Waals surface area contributed by atoms with Crippen LogP contribution in [0.1, 0.15) is 49.9 Å². The number of hydrogen-bond donors (Lipinski definition) is 1. The number of carbonyl (C=O) groups is 2. The van der Waals surface area contributed by atoms with E-state index >= 15 is 0 Å². The van der Waals surface area contributed by atoms with Crippen LogP contribution in [0.5, 0.6) is 0 Å². The van der Waals surface area contributed by atoms with E-state index in [9.17, 15) is 41.0 Å². The van der Waals surface area contributed by atoms with Crippen molar-refractivity contribution in [3.05, 3.63) is 168 Å². The fraction of sp³-hybridized carbons (Fsp3) is 0.136. The monoisotopic (exact) mass is 822 g/mol. The van der Waals surface area contributed by atoms with Gasteiger partial charge in [-0.2, -0.15) is 36.5 Å². The number of fused-ring (bicyclic) bond motifs is 2. The van der Waals surface area contributed by atoms with Crippen molar-refractivity contribution in [2.24, 2.45) is 0 Å². The summed E-state index contributed by atoms with van der Waals surface area (Å²) in [6.45, 7) is 2.36. The first kappa shape index (κ1) is 40.8. The number of esters is 1. The van der Waals surface area contributed by atoms with Crippen LogP contribution in [0.3, 0.4) is 0 Å². The molecule has 4 aromatic heterocycles. The van der Waals surface area contributed by atoms with Gasteiger partial charge in [0.15, 0.2) is 0 Å². The van der Waals surface area contributed by atoms with E-state index in [1.54, 1.807) is 71.4 Å². The lowest BCUT2D eigenvalue weighted by molar-refractivity contribution is -0.138. The number of pyridine rings is 2. The van der Waals surface area contributed by atoms with Crippen molar-refractivity contribution in [1.29, 1.82) is 0 Å². The number of halogens is 6. The van der Waals surface area contributed by atoms with Crippen LogP contribution in [0, 0.1) is 0 Å². The van der Waals surface area contributed by atoms with Crippen molar-refractivity contribution < 1.29 is 45.8 Å². The third-order valence-electron chi connectivity index (χ3n) is 9.25. The summed E-state index contributed by atoms with van der Waals surface area (Å²) in [6, 6.07) is 24.5. The predicted octanol–water partition coefficient (Wildman–Crippen LogP) is 10.2. The maximum atomic E-state index is 13.0. The molecule has 60 heavy (non-hydrogen) atoms. The van der Waals surface area contributed by atoms with Crippen molar-refractivity contribution in [3.63, 3.8) is 0 Å². The predicted molar refractivity (Wildman–Crippen MR) is 210 cm³/mol. The van der Waals surface area contributed by atoms with Crippen LogP contribution in [-0.4, -0.2) is 53.2 Å². The first-order chi connectivity index (χ1) is 28.7. The first-order valence-electron chi connectivity index (χ1n) is 18.2. The summed E-state index contributed by atoms with van der Waals surface area (Å²) in [5.41, 5.74) is 4.21. The van der Waals surface area contributed by atoms with E-state index in [0.29, 0.717) is 33.3 Å². The summed E-state index contributed by atoms with van der Waals surface area (Å²) in [5, 5.41) is 19.7. The van der Waals surface area contributed by atoms with Crippen LogP contribution in [0.25, 0.3) is 44.1 Å². The maximum absolute atomic E-state index is 13.0. The van der Waals surface area contributed by atoms with E-state index in [1.165, 1.54) is 30.6 Å². The van der Waals surface area contributed by atoms with Gasteiger partial charge >= 0.3 is 24.3 Å². The number of rotatable bonds is 9. The normalized spacial score (nSPS) is 11.7. The number of carbonyl (C=O) groups excluding carboxylic acids is 1. The highest BCUT2D eigenvalue weighted by molar-refractivity contribution is 5.97. The number of carboxylic acids is 1. The van der Waals surface area contributed by atoms with E-state index in [0.717, 1.165) is 51.7 Å². The van der Waals surface area contributed by atoms with Crippen molar-refractivity contribution in [2.75, 3.05) is 6.61 Å². The third kappa shape index (κ3) is 9.33. The van der Waals surface area contributed by atoms with Gasteiger partial charge in [-0.3, -0.25) is 19.3 Å². The van der Waals surface area contributed by atoms with Gasteiger partial charge in [0, 0.05) is 59.1 Å². The summed E-state index contributed by atoms with van der Waals surface area (Å²) in [7, 11) is 0. The summed E-state index contributed by atoms with van der Waals surface area (Å²) >= 11 is 0. The molecule has 0 bridgehead atoms. The number of benzene rings is 4. The number of ether oxygens (including phenoxy) is 1. The van der Waals surface area contributed by atoms with Crippen LogP contribution in [0.2, 0.25) is 0 Å². The largest absolute Gasteiger partial charge is 0.478 e. The van der Waals surface area contributed by atoms with Crippen LogP contribution in [0.4, 0.5) is 26.3 Å². The lowest BCUT2D eigenvalue weighted by Crippen LogP contribution is -2.07. The summed E-state index contributed by atoms with van der Waals surface area (Å²) < 4.78 is 86.0. The van der Waals surface area contributed by atoms with Gasteiger partial charge < -0.3 is 9.84 Å². The van der Waals surface area contributed by atoms with Crippen molar-refractivity contribution in [1.82, 2.24) is 29.5 Å². The Kier molecular flexibility index (Phi) is 11.5. The minimum atomic E-state index is -4.40. The summed E-state index contributed by atoms with van der Waals surface area (Å²) in [4.78, 5) is 31.4. The highest BCUT2D eigenvalue weighted by atomic mass is 19.4. The molecule has 0 aliphatic carbocycles. The Hall–Kier alpha value is -7.36. The molecule has 0 aliphatic heterocycles. The molecule has 1 N–H and O–H groups in total. The number of alkyl halides is 6. The zero-order chi connectivity index (χ0) is 42.6. The van der Waals surface area contributed by atoms with E-state index in [4.69, 9.17) is 4.74 Å². The molecular formula is C44H32F6N6O4. The van der Waals surface area contributed by atoms with Gasteiger partial charge in [-0.25, -0.2) is 9.59 Å². The molecule has 0 aliphatic rings. The topological polar surface area (TPSA) is 125 Å². The fourth-order valence-electron chi connectivity index (χ4n) is 6.53. The second-order valence-electron chi connectivity index (χ2n) is 13.5. The lowest BCUT2D eigenvalue weighted by Gasteiger charge is -2.08. The summed E-state index contributed by atoms with van der Waals surface area (Å²) in [5.74, 6) is -1.53. The van der Waals surface area contributed by atoms with Crippen molar-refractivity contribution >= 4 is 33.7 Å². The number of aromatic carboxylic acids is 1. The Balaban J connectivity index is 0.000000182. The van der Waals surface area contributed by atoms with Gasteiger partial charge in [0.2, 0.25) is 0 Å². The number of hydrogen-bond acceptors (Lipinski definition) is 7. The number of aromatic nitrogens is 6. The highest BCUT2D eigenvalue weighted by Gasteiger charge is 2.31. The standard InChI is InChI=1S/C23H18F3N3O2.C21H14F3N3O2/c1-2-31-22(30)17-10-16(11-27-12-17)19-7-4-8-21-20(19)14-29(28-21)13-15-5-3-6-18(9-15)23(24,25)26;22-21(23,24)16-4-1-3-13(7-16)11-27-12-18-17(5-2-6-19(18)26-27)14-8-15(20(28)29)10-25-9-14/h3-12,14H,2,13H2,1H3;1-10,12H,11H2,(H,28,29). The van der Waals surface area contributed by atoms with Crippen LogP contribution in [0.15, 0.2) is 134 Å². The molecule has 4 heterocycles. The molecular weight excluding hydrogens is 791 g/mol. The highest BCUT2D eigenvalue weighted by Crippen LogP contribution is 2.33. The van der Waals surface area contributed by atoms with Gasteiger partial charge in [0.25, 0.3) is 0 Å². The molecule has 0 amide bonds. The fourth-order valence-corrected chi connectivity index (χ4v) is 6.53. The molecule has 8 rings (SSSR count). The smallest absolute Gasteiger partial charge is 0.416 e. The third-order valence-corrected chi connectivity index (χ3v) is 9.25. The quantitative estimate of drug-likeness (QED) is 0.113. The average Bonchev–Trinajstić information content (AvgIpc) is 3.84. The summed E-state index contributed by atoms with van der Waals surface area (Å²) in [6.07, 6.45) is 0.629. The molecule has 0 atom stereocenters. The first-order valence-corrected chi connectivity index (χ1v) is 18.2. The van der Waals surface area contributed by atoms with Crippen molar-refractivity contribution in [3.8, 4) is 22.3 Å². The number of carboxylic acid groups (broad SMARTS) is 1. The minimum absolute atomic E-state index is 0.0656. The number of nitrogens with zero attached hydrogens (tertiary/aromatic N) is 6. The van der Waals surface area contributed by atoms with E-state index in [1.807, 2.05) is 24.3 Å². The minimum Gasteiger partial charge on any atom is -0.478 e. The van der Waals surface area contributed by atoms with E-state index in [2.05, 4.69) is 20.2 Å². The molecule has 0 unspecified atom stereocenters. The van der Waals surface area contributed by atoms with Gasteiger partial charge in [-0.1, -0.05) is 48.5 Å². The zero-order valence-electron chi connectivity index (χ0n) is 31.4. The second kappa shape index (κ2) is 16.9. The van der Waals surface area contributed by atoms with Crippen LogP contribution in [-0.2, 0) is 30.2 Å². The molecule has 16 heteroatoms. The Morgan fingerprint density at radius 1 is 0.617 bits per heavy atom. The Bertz CT molecular complexity index is 2850. The van der Waals surface area contributed by atoms with Gasteiger partial charge in [-0.05, 0) is 77.7 Å². The van der Waals surface area contributed by atoms with Crippen LogP contribution >= 0.6 is 0 Å².